The minimum Gasteiger partial charge on any atom is -0.354 e. The Hall–Kier alpha value is -11.5. The van der Waals surface area contributed by atoms with Crippen LogP contribution in [0.1, 0.15) is 93.7 Å². The number of rotatable bonds is 21. The van der Waals surface area contributed by atoms with Crippen LogP contribution in [0.2, 0.25) is 0 Å². The molecule has 24 nitrogen and oxygen atoms in total. The molecule has 15 rings (SSSR count). The van der Waals surface area contributed by atoms with Gasteiger partial charge >= 0.3 is 18.5 Å². The fraction of sp³-hybridized carbons (Fsp3) is 0.269. The molecule has 3 saturated carbocycles. The highest BCUT2D eigenvalue weighted by Gasteiger charge is 2.60. The van der Waals surface area contributed by atoms with E-state index in [-0.39, 0.29) is 125 Å². The molecule has 0 aliphatic heterocycles. The predicted molar refractivity (Wildman–Crippen MR) is 416 cm³/mol. The molecule has 6 aromatic heterocycles. The summed E-state index contributed by atoms with van der Waals surface area (Å²) in [4.78, 5) is 39.9. The van der Waals surface area contributed by atoms with E-state index in [0.717, 1.165) is 0 Å². The van der Waals surface area contributed by atoms with Crippen molar-refractivity contribution in [3.05, 3.63) is 216 Å². The van der Waals surface area contributed by atoms with Crippen molar-refractivity contribution in [2.75, 3.05) is 31.9 Å². The van der Waals surface area contributed by atoms with Gasteiger partial charge in [0.15, 0.2) is 17.5 Å². The monoisotopic (exact) mass is 1680 g/mol. The summed E-state index contributed by atoms with van der Waals surface area (Å²) in [7, 11) is -11.5. The first-order valence-electron chi connectivity index (χ1n) is 36.3. The molecule has 0 unspecified atom stereocenters. The standard InChI is InChI=1S/C27H26F4N6O2S.C26H24F4N6O2S.C25H22F4N6O2S/c28-19-8-6-18(7-9-19)21-12-13-22-23(34-21)24(37-26(27(29,30)31)14-2-1-3-15-26)36-25(35-22)33-16-17-4-10-20(11-5-17)40(32,38)39;27-18-7-5-17(6-8-18)20-11-12-21-22(33-20)23(36-25(26(28,29)30)13-1-2-14-25)35-24(34-21)32-15-16-3-9-19(10-4-16)39(31,37)38;26-17-6-4-16(5-7-17)19-10-11-20-21(32-19)22(35-24(12-1-13-24)25(27,28)29)34-23(33-20)31-14-15-2-8-18(9-3-15)38(30,36)37/h4-13H,1-3,14-16H2,(H2,32,38,39)(H2,33,35,36,37);3-12H,1-2,13-15H2,(H2,31,37,38)(H2,32,34,35,36);2-11H,1,12-14H2,(H2,30,36,37)(H2,31,33,34,35). The number of halogens is 12. The van der Waals surface area contributed by atoms with Gasteiger partial charge in [-0.2, -0.15) is 54.5 Å². The molecular weight excluding hydrogens is 1610 g/mol. The Morgan fingerprint density at radius 1 is 0.299 bits per heavy atom. The smallest absolute Gasteiger partial charge is 0.354 e. The Morgan fingerprint density at radius 3 is 0.761 bits per heavy atom. The van der Waals surface area contributed by atoms with E-state index in [0.29, 0.717) is 106 Å². The number of nitrogens with zero attached hydrogens (tertiary/aromatic N) is 9. The van der Waals surface area contributed by atoms with Crippen LogP contribution in [0, 0.1) is 17.5 Å². The van der Waals surface area contributed by atoms with Crippen molar-refractivity contribution in [3.8, 4) is 33.8 Å². The normalized spacial score (nSPS) is 15.4. The van der Waals surface area contributed by atoms with E-state index in [1.807, 2.05) is 0 Å². The van der Waals surface area contributed by atoms with Gasteiger partial charge in [0, 0.05) is 36.3 Å². The van der Waals surface area contributed by atoms with Crippen LogP contribution in [-0.2, 0) is 49.7 Å². The molecule has 0 radical (unpaired) electrons. The number of hydrogen-bond donors (Lipinski definition) is 9. The third-order valence-electron chi connectivity index (χ3n) is 20.2. The number of benzene rings is 6. The highest BCUT2D eigenvalue weighted by molar-refractivity contribution is 7.89. The van der Waals surface area contributed by atoms with Crippen LogP contribution in [0.5, 0.6) is 0 Å². The molecule has 0 saturated heterocycles. The van der Waals surface area contributed by atoms with Gasteiger partial charge in [-0.05, 0) is 207 Å². The molecule has 0 atom stereocenters. The number of nitrogens with one attached hydrogen (secondary N) is 6. The van der Waals surface area contributed by atoms with Gasteiger partial charge in [0.1, 0.15) is 50.6 Å². The third kappa shape index (κ3) is 19.5. The number of hydrogen-bond acceptors (Lipinski definition) is 21. The first-order valence-corrected chi connectivity index (χ1v) is 40.9. The first kappa shape index (κ1) is 83.4. The zero-order chi connectivity index (χ0) is 83.5. The summed E-state index contributed by atoms with van der Waals surface area (Å²) in [6, 6.07) is 44.1. The quantitative estimate of drug-likeness (QED) is 0.0302. The average Bonchev–Trinajstić information content (AvgIpc) is 0.835. The van der Waals surface area contributed by atoms with Crippen molar-refractivity contribution in [1.29, 1.82) is 0 Å². The Labute approximate surface area is 661 Å². The Kier molecular flexibility index (Phi) is 23.7. The van der Waals surface area contributed by atoms with E-state index in [9.17, 15) is 77.9 Å². The fourth-order valence-corrected chi connectivity index (χ4v) is 15.1. The van der Waals surface area contributed by atoms with Crippen molar-refractivity contribution < 1.29 is 77.9 Å². The van der Waals surface area contributed by atoms with Gasteiger partial charge in [-0.15, -0.1) is 0 Å². The number of alkyl halides is 9. The van der Waals surface area contributed by atoms with Gasteiger partial charge in [-0.3, -0.25) is 0 Å². The Balaban J connectivity index is 0.000000152. The SMILES string of the molecule is NS(=O)(=O)c1ccc(CNc2nc(NC3(C(F)(F)F)CCC3)c3nc(-c4ccc(F)cc4)ccc3n2)cc1.NS(=O)(=O)c1ccc(CNc2nc(NC3(C(F)(F)F)CCCC3)c3nc(-c4ccc(F)cc4)ccc3n2)cc1.NS(=O)(=O)c1ccc(CNc2nc(NC3(C(F)(F)F)CCCCC3)c3nc(-c4ccc(F)cc4)ccc3n2)cc1. The van der Waals surface area contributed by atoms with Crippen LogP contribution in [-0.4, -0.2) is 105 Å². The van der Waals surface area contributed by atoms with Crippen molar-refractivity contribution in [2.24, 2.45) is 15.4 Å². The molecule has 0 amide bonds. The van der Waals surface area contributed by atoms with Gasteiger partial charge in [-0.1, -0.05) is 68.5 Å². The van der Waals surface area contributed by atoms with E-state index in [1.54, 1.807) is 72.8 Å². The molecule has 6 aromatic carbocycles. The number of aromatic nitrogens is 9. The summed E-state index contributed by atoms with van der Waals surface area (Å²) >= 11 is 0. The summed E-state index contributed by atoms with van der Waals surface area (Å²) in [5.41, 5.74) is -0.0188. The van der Waals surface area contributed by atoms with Gasteiger partial charge < -0.3 is 31.9 Å². The van der Waals surface area contributed by atoms with Gasteiger partial charge in [0.2, 0.25) is 47.9 Å². The topological polar surface area (TPSA) is 369 Å². The van der Waals surface area contributed by atoms with Crippen molar-refractivity contribution in [1.82, 2.24) is 44.9 Å². The number of primary sulfonamides is 3. The number of pyridine rings is 3. The minimum absolute atomic E-state index is 0.0438. The Bertz CT molecular complexity index is 5980. The highest BCUT2D eigenvalue weighted by Crippen LogP contribution is 2.50. The molecule has 12 aromatic rings. The second-order valence-corrected chi connectivity index (χ2v) is 32.9. The number of sulfonamides is 3. The second kappa shape index (κ2) is 33.2. The predicted octanol–water partition coefficient (Wildman–Crippen LogP) is 16.1. The van der Waals surface area contributed by atoms with Crippen LogP contribution in [0.4, 0.5) is 88.0 Å². The summed E-state index contributed by atoms with van der Waals surface area (Å²) in [6.45, 7) is 0.504. The fourth-order valence-electron chi connectivity index (χ4n) is 13.6. The number of anilines is 6. The molecular formula is C78H72F12N18O6S3. The van der Waals surface area contributed by atoms with Crippen LogP contribution < -0.4 is 47.3 Å². The molecule has 12 N–H and O–H groups in total. The lowest BCUT2D eigenvalue weighted by Crippen LogP contribution is -2.57. The highest BCUT2D eigenvalue weighted by atomic mass is 32.2. The maximum atomic E-state index is 14.4. The summed E-state index contributed by atoms with van der Waals surface area (Å²) in [5, 5.41) is 32.3. The van der Waals surface area contributed by atoms with E-state index in [1.165, 1.54) is 109 Å². The molecule has 612 valence electrons. The van der Waals surface area contributed by atoms with Gasteiger partial charge in [-0.25, -0.2) is 83.7 Å². The zero-order valence-electron chi connectivity index (χ0n) is 61.4. The number of nitrogens with two attached hydrogens (primary N) is 3. The Morgan fingerprint density at radius 2 is 0.538 bits per heavy atom. The molecule has 39 heteroatoms. The summed E-state index contributed by atoms with van der Waals surface area (Å²) in [6.07, 6.45) is -11.3. The van der Waals surface area contributed by atoms with E-state index >= 15 is 0 Å². The largest absolute Gasteiger partial charge is 0.411 e. The van der Waals surface area contributed by atoms with Gasteiger partial charge in [0.05, 0.1) is 48.3 Å². The molecule has 6 heterocycles. The number of fused-ring (bicyclic) bond motifs is 3. The van der Waals surface area contributed by atoms with Crippen molar-refractivity contribution >= 4 is 98.5 Å². The third-order valence-corrected chi connectivity index (χ3v) is 23.0. The van der Waals surface area contributed by atoms with E-state index < -0.39 is 82.7 Å². The lowest BCUT2D eigenvalue weighted by molar-refractivity contribution is -0.198. The summed E-state index contributed by atoms with van der Waals surface area (Å²) < 4.78 is 237. The maximum absolute atomic E-state index is 14.4. The van der Waals surface area contributed by atoms with Crippen LogP contribution in [0.25, 0.3) is 66.9 Å². The summed E-state index contributed by atoms with van der Waals surface area (Å²) in [5.74, 6) is -1.31. The lowest BCUT2D eigenvalue weighted by atomic mass is 9.76. The van der Waals surface area contributed by atoms with E-state index in [4.69, 9.17) is 15.4 Å². The van der Waals surface area contributed by atoms with Crippen LogP contribution in [0.3, 0.4) is 0 Å². The van der Waals surface area contributed by atoms with Crippen molar-refractivity contribution in [3.63, 3.8) is 0 Å². The zero-order valence-corrected chi connectivity index (χ0v) is 63.8. The second-order valence-electron chi connectivity index (χ2n) is 28.3. The van der Waals surface area contributed by atoms with Gasteiger partial charge in [0.25, 0.3) is 0 Å². The lowest BCUT2D eigenvalue weighted by Gasteiger charge is -2.44. The maximum Gasteiger partial charge on any atom is 0.411 e. The van der Waals surface area contributed by atoms with Crippen LogP contribution >= 0.6 is 0 Å². The molecule has 0 bridgehead atoms. The average molecular weight is 1680 g/mol. The molecule has 3 aliphatic rings. The molecule has 117 heavy (non-hydrogen) atoms. The molecule has 0 spiro atoms. The first-order chi connectivity index (χ1) is 55.3. The molecule has 3 aliphatic carbocycles. The van der Waals surface area contributed by atoms with Crippen LogP contribution in [0.15, 0.2) is 197 Å². The molecule has 3 fully saturated rings. The minimum atomic E-state index is -4.53. The van der Waals surface area contributed by atoms with E-state index in [2.05, 4.69) is 76.8 Å². The van der Waals surface area contributed by atoms with Crippen molar-refractivity contribution in [2.45, 2.75) is 147 Å².